The van der Waals surface area contributed by atoms with Crippen LogP contribution >= 0.6 is 11.3 Å². The van der Waals surface area contributed by atoms with Crippen molar-refractivity contribution in [2.45, 2.75) is 13.0 Å². The Bertz CT molecular complexity index is 813. The lowest BCUT2D eigenvalue weighted by Crippen LogP contribution is -2.43. The number of amides is 1. The van der Waals surface area contributed by atoms with E-state index in [1.54, 1.807) is 30.5 Å². The van der Waals surface area contributed by atoms with Gasteiger partial charge in [0.05, 0.1) is 25.3 Å². The number of benzene rings is 1. The first-order valence-electron chi connectivity index (χ1n) is 10.8. The summed E-state index contributed by atoms with van der Waals surface area (Å²) < 4.78 is 10.3. The second-order valence-corrected chi connectivity index (χ2v) is 8.83. The van der Waals surface area contributed by atoms with Crippen LogP contribution in [-0.4, -0.2) is 99.3 Å². The number of carbonyl (C=O) groups excluding carboxylic acids is 1. The van der Waals surface area contributed by atoms with Crippen molar-refractivity contribution >= 4 is 17.2 Å². The van der Waals surface area contributed by atoms with Crippen molar-refractivity contribution in [3.05, 3.63) is 40.9 Å². The van der Waals surface area contributed by atoms with Crippen LogP contribution < -0.4 is 0 Å². The highest BCUT2D eigenvalue weighted by Gasteiger charge is 2.17. The molecule has 1 aromatic carbocycles. The van der Waals surface area contributed by atoms with Gasteiger partial charge in [-0.2, -0.15) is 0 Å². The number of nitrogens with zero attached hydrogens (tertiary/aromatic N) is 4. The van der Waals surface area contributed by atoms with E-state index < -0.39 is 0 Å². The van der Waals surface area contributed by atoms with Crippen molar-refractivity contribution in [3.63, 3.8) is 0 Å². The Kier molecular flexibility index (Phi) is 9.42. The monoisotopic (exact) mass is 446 g/mol. The molecule has 0 unspecified atom stereocenters. The minimum Gasteiger partial charge on any atom is -0.383 e. The molecule has 0 saturated carbocycles. The molecule has 7 nitrogen and oxygen atoms in total. The molecule has 1 amide bonds. The predicted octanol–water partition coefficient (Wildman–Crippen LogP) is 2.22. The molecule has 0 N–H and O–H groups in total. The first-order chi connectivity index (χ1) is 15.1. The fraction of sp³-hybridized carbons (Fsp3) is 0.565. The van der Waals surface area contributed by atoms with Crippen molar-refractivity contribution in [3.8, 4) is 10.6 Å². The molecule has 0 spiro atoms. The third-order valence-corrected chi connectivity index (χ3v) is 6.48. The fourth-order valence-corrected chi connectivity index (χ4v) is 4.44. The normalized spacial score (nSPS) is 15.3. The molecular weight excluding hydrogens is 412 g/mol. The number of methoxy groups -OCH3 is 2. The molecule has 3 rings (SSSR count). The van der Waals surface area contributed by atoms with Crippen molar-refractivity contribution in [1.29, 1.82) is 0 Å². The number of likely N-dealkylation sites (N-methyl/N-ethyl adjacent to an activating group) is 1. The van der Waals surface area contributed by atoms with E-state index in [0.29, 0.717) is 32.7 Å². The van der Waals surface area contributed by atoms with Gasteiger partial charge in [-0.1, -0.05) is 18.2 Å². The minimum atomic E-state index is 0.0507. The second-order valence-electron chi connectivity index (χ2n) is 7.97. The molecule has 1 saturated heterocycles. The van der Waals surface area contributed by atoms with Crippen LogP contribution in [0.3, 0.4) is 0 Å². The molecule has 31 heavy (non-hydrogen) atoms. The third-order valence-electron chi connectivity index (χ3n) is 5.54. The van der Waals surface area contributed by atoms with E-state index in [9.17, 15) is 4.79 Å². The van der Waals surface area contributed by atoms with Gasteiger partial charge in [0.15, 0.2) is 0 Å². The number of hydrogen-bond donors (Lipinski definition) is 0. The average Bonchev–Trinajstić information content (AvgIpc) is 3.24. The average molecular weight is 447 g/mol. The molecule has 1 aromatic heterocycles. The number of ether oxygens (including phenoxy) is 2. The summed E-state index contributed by atoms with van der Waals surface area (Å²) in [4.78, 5) is 24.1. The number of thiazole rings is 1. The van der Waals surface area contributed by atoms with E-state index in [1.807, 2.05) is 5.38 Å². The van der Waals surface area contributed by atoms with E-state index in [1.165, 1.54) is 5.56 Å². The first kappa shape index (κ1) is 23.8. The number of rotatable bonds is 11. The van der Waals surface area contributed by atoms with Crippen LogP contribution in [0.5, 0.6) is 0 Å². The summed E-state index contributed by atoms with van der Waals surface area (Å²) in [7, 11) is 5.46. The van der Waals surface area contributed by atoms with E-state index in [-0.39, 0.29) is 5.91 Å². The molecule has 1 fully saturated rings. The quantitative estimate of drug-likeness (QED) is 0.528. The summed E-state index contributed by atoms with van der Waals surface area (Å²) in [5.41, 5.74) is 3.24. The van der Waals surface area contributed by atoms with Crippen LogP contribution in [0.1, 0.15) is 11.3 Å². The van der Waals surface area contributed by atoms with Crippen molar-refractivity contribution < 1.29 is 14.3 Å². The third kappa shape index (κ3) is 7.36. The van der Waals surface area contributed by atoms with Crippen LogP contribution in [0, 0.1) is 0 Å². The first-order valence-corrected chi connectivity index (χ1v) is 11.7. The maximum absolute atomic E-state index is 12.7. The molecule has 8 heteroatoms. The standard InChI is InChI=1S/C23H34N4O3S/c1-25-7-9-26(10-8-25)17-19-5-4-6-20(15-19)23-24-21(18-31-23)16-22(28)27(11-13-29-2)12-14-30-3/h4-6,15,18H,7-14,16-17H2,1-3H3. The Hall–Kier alpha value is -1.84. The molecule has 1 aliphatic heterocycles. The Morgan fingerprint density at radius 3 is 2.52 bits per heavy atom. The molecule has 1 aliphatic rings. The second kappa shape index (κ2) is 12.3. The van der Waals surface area contributed by atoms with E-state index in [2.05, 4.69) is 41.1 Å². The highest BCUT2D eigenvalue weighted by molar-refractivity contribution is 7.13. The van der Waals surface area contributed by atoms with Crippen LogP contribution in [0.15, 0.2) is 29.6 Å². The lowest BCUT2D eigenvalue weighted by atomic mass is 10.1. The summed E-state index contributed by atoms with van der Waals surface area (Å²) in [5.74, 6) is 0.0507. The molecule has 170 valence electrons. The highest BCUT2D eigenvalue weighted by atomic mass is 32.1. The Morgan fingerprint density at radius 1 is 1.13 bits per heavy atom. The van der Waals surface area contributed by atoms with E-state index in [0.717, 1.165) is 49.0 Å². The largest absolute Gasteiger partial charge is 0.383 e. The van der Waals surface area contributed by atoms with Gasteiger partial charge in [-0.05, 0) is 18.7 Å². The van der Waals surface area contributed by atoms with Crippen molar-refractivity contribution in [2.75, 3.05) is 73.7 Å². The smallest absolute Gasteiger partial charge is 0.228 e. The molecule has 0 atom stereocenters. The lowest BCUT2D eigenvalue weighted by molar-refractivity contribution is -0.131. The maximum Gasteiger partial charge on any atom is 0.228 e. The van der Waals surface area contributed by atoms with E-state index in [4.69, 9.17) is 14.5 Å². The van der Waals surface area contributed by atoms with Gasteiger partial charge in [-0.25, -0.2) is 4.98 Å². The van der Waals surface area contributed by atoms with Gasteiger partial charge in [0, 0.05) is 71.0 Å². The van der Waals surface area contributed by atoms with Gasteiger partial charge in [0.1, 0.15) is 5.01 Å². The zero-order chi connectivity index (χ0) is 22.1. The number of carbonyl (C=O) groups is 1. The van der Waals surface area contributed by atoms with Crippen molar-refractivity contribution in [2.24, 2.45) is 0 Å². The van der Waals surface area contributed by atoms with Gasteiger partial charge in [-0.15, -0.1) is 11.3 Å². The Morgan fingerprint density at radius 2 is 1.84 bits per heavy atom. The molecule has 0 aliphatic carbocycles. The molecule has 0 bridgehead atoms. The SMILES string of the molecule is COCCN(CCOC)C(=O)Cc1csc(-c2cccc(CN3CCN(C)CC3)c2)n1. The summed E-state index contributed by atoms with van der Waals surface area (Å²) in [6.07, 6.45) is 0.297. The zero-order valence-corrected chi connectivity index (χ0v) is 19.7. The molecular formula is C23H34N4O3S. The number of piperazine rings is 1. The minimum absolute atomic E-state index is 0.0507. The fourth-order valence-electron chi connectivity index (χ4n) is 3.62. The van der Waals surface area contributed by atoms with Gasteiger partial charge in [-0.3, -0.25) is 9.69 Å². The zero-order valence-electron chi connectivity index (χ0n) is 18.9. The summed E-state index contributed by atoms with van der Waals surface area (Å²) in [6, 6.07) is 8.61. The summed E-state index contributed by atoms with van der Waals surface area (Å²) in [6.45, 7) is 7.56. The van der Waals surface area contributed by atoms with Crippen molar-refractivity contribution in [1.82, 2.24) is 19.7 Å². The Balaban J connectivity index is 1.61. The van der Waals surface area contributed by atoms with Crippen LogP contribution in [0.2, 0.25) is 0 Å². The molecule has 2 aromatic rings. The summed E-state index contributed by atoms with van der Waals surface area (Å²) >= 11 is 1.60. The number of hydrogen-bond acceptors (Lipinski definition) is 7. The molecule has 0 radical (unpaired) electrons. The topological polar surface area (TPSA) is 58.1 Å². The van der Waals surface area contributed by atoms with Crippen LogP contribution in [0.4, 0.5) is 0 Å². The highest BCUT2D eigenvalue weighted by Crippen LogP contribution is 2.25. The molecule has 2 heterocycles. The predicted molar refractivity (Wildman–Crippen MR) is 124 cm³/mol. The van der Waals surface area contributed by atoms with Gasteiger partial charge in [0.2, 0.25) is 5.91 Å². The lowest BCUT2D eigenvalue weighted by Gasteiger charge is -2.32. The number of aromatic nitrogens is 1. The van der Waals surface area contributed by atoms with Crippen LogP contribution in [-0.2, 0) is 27.2 Å². The van der Waals surface area contributed by atoms with Crippen LogP contribution in [0.25, 0.3) is 10.6 Å². The van der Waals surface area contributed by atoms with E-state index >= 15 is 0 Å². The summed E-state index contributed by atoms with van der Waals surface area (Å²) in [5, 5.41) is 2.95. The van der Waals surface area contributed by atoms with Gasteiger partial charge >= 0.3 is 0 Å². The Labute approximate surface area is 189 Å². The van der Waals surface area contributed by atoms with Gasteiger partial charge in [0.25, 0.3) is 0 Å². The maximum atomic E-state index is 12.7. The van der Waals surface area contributed by atoms with Gasteiger partial charge < -0.3 is 19.3 Å².